The van der Waals surface area contributed by atoms with Crippen molar-refractivity contribution < 1.29 is 4.39 Å². The molecule has 2 nitrogen and oxygen atoms in total. The van der Waals surface area contributed by atoms with Gasteiger partial charge >= 0.3 is 0 Å². The normalized spacial score (nSPS) is 22.1. The maximum absolute atomic E-state index is 14.0. The molecule has 0 radical (unpaired) electrons. The minimum atomic E-state index is -0.131. The standard InChI is InChI=1S/C15H22BrFN2/c1-3-11(2)14-10-19(8-4-7-18-14)15-9-12(16)5-6-13(15)17/h5-6,9,11,14,18H,3-4,7-8,10H2,1-2H3. The summed E-state index contributed by atoms with van der Waals surface area (Å²) in [4.78, 5) is 2.18. The second-order valence-electron chi connectivity index (χ2n) is 5.34. The molecule has 1 aromatic carbocycles. The lowest BCUT2D eigenvalue weighted by molar-refractivity contribution is 0.383. The summed E-state index contributed by atoms with van der Waals surface area (Å²) in [6.07, 6.45) is 2.20. The highest BCUT2D eigenvalue weighted by atomic mass is 79.9. The van der Waals surface area contributed by atoms with Gasteiger partial charge < -0.3 is 10.2 Å². The van der Waals surface area contributed by atoms with Crippen molar-refractivity contribution in [1.82, 2.24) is 5.32 Å². The van der Waals surface area contributed by atoms with Gasteiger partial charge in [0.1, 0.15) is 5.82 Å². The first-order chi connectivity index (χ1) is 9.11. The van der Waals surface area contributed by atoms with E-state index in [0.29, 0.717) is 17.6 Å². The quantitative estimate of drug-likeness (QED) is 0.907. The van der Waals surface area contributed by atoms with Crippen molar-refractivity contribution in [3.63, 3.8) is 0 Å². The largest absolute Gasteiger partial charge is 0.368 e. The molecule has 1 aromatic rings. The Bertz CT molecular complexity index is 425. The Kier molecular flexibility index (Phi) is 5.22. The molecule has 4 heteroatoms. The fraction of sp³-hybridized carbons (Fsp3) is 0.600. The fourth-order valence-corrected chi connectivity index (χ4v) is 2.91. The number of benzene rings is 1. The summed E-state index contributed by atoms with van der Waals surface area (Å²) in [7, 11) is 0. The van der Waals surface area contributed by atoms with Crippen molar-refractivity contribution in [2.45, 2.75) is 32.7 Å². The maximum Gasteiger partial charge on any atom is 0.146 e. The lowest BCUT2D eigenvalue weighted by atomic mass is 9.99. The van der Waals surface area contributed by atoms with Gasteiger partial charge in [0.15, 0.2) is 0 Å². The Hall–Kier alpha value is -0.610. The summed E-state index contributed by atoms with van der Waals surface area (Å²) in [5.41, 5.74) is 0.714. The molecule has 1 heterocycles. The average Bonchev–Trinajstić information content (AvgIpc) is 2.66. The van der Waals surface area contributed by atoms with Crippen LogP contribution in [0, 0.1) is 11.7 Å². The van der Waals surface area contributed by atoms with E-state index >= 15 is 0 Å². The van der Waals surface area contributed by atoms with E-state index in [1.54, 1.807) is 6.07 Å². The Morgan fingerprint density at radius 2 is 2.32 bits per heavy atom. The van der Waals surface area contributed by atoms with E-state index in [9.17, 15) is 4.39 Å². The third kappa shape index (κ3) is 3.69. The van der Waals surface area contributed by atoms with Crippen molar-refractivity contribution >= 4 is 21.6 Å². The van der Waals surface area contributed by atoms with Crippen LogP contribution in [0.15, 0.2) is 22.7 Å². The Balaban J connectivity index is 2.20. The minimum absolute atomic E-state index is 0.131. The average molecular weight is 329 g/mol. The molecule has 2 rings (SSSR count). The van der Waals surface area contributed by atoms with E-state index in [1.165, 1.54) is 6.07 Å². The molecule has 1 aliphatic heterocycles. The zero-order valence-corrected chi connectivity index (χ0v) is 13.2. The van der Waals surface area contributed by atoms with E-state index in [0.717, 1.165) is 36.9 Å². The van der Waals surface area contributed by atoms with E-state index in [4.69, 9.17) is 0 Å². The monoisotopic (exact) mass is 328 g/mol. The number of nitrogens with zero attached hydrogens (tertiary/aromatic N) is 1. The molecule has 1 fully saturated rings. The number of halogens is 2. The topological polar surface area (TPSA) is 15.3 Å². The molecule has 1 saturated heterocycles. The molecule has 2 atom stereocenters. The van der Waals surface area contributed by atoms with Crippen LogP contribution in [0.5, 0.6) is 0 Å². The summed E-state index contributed by atoms with van der Waals surface area (Å²) in [5, 5.41) is 3.59. The minimum Gasteiger partial charge on any atom is -0.368 e. The Labute approximate surface area is 123 Å². The molecule has 1 aliphatic rings. The van der Waals surface area contributed by atoms with Crippen LogP contribution >= 0.6 is 15.9 Å². The van der Waals surface area contributed by atoms with Crippen LogP contribution < -0.4 is 10.2 Å². The molecule has 0 aromatic heterocycles. The van der Waals surface area contributed by atoms with E-state index < -0.39 is 0 Å². The third-order valence-electron chi connectivity index (χ3n) is 4.01. The van der Waals surface area contributed by atoms with Gasteiger partial charge in [-0.1, -0.05) is 36.2 Å². The number of rotatable bonds is 3. The predicted molar refractivity (Wildman–Crippen MR) is 82.2 cm³/mol. The molecule has 0 saturated carbocycles. The molecule has 19 heavy (non-hydrogen) atoms. The van der Waals surface area contributed by atoms with Crippen LogP contribution in [-0.2, 0) is 0 Å². The van der Waals surface area contributed by atoms with Gasteiger partial charge in [-0.15, -0.1) is 0 Å². The van der Waals surface area contributed by atoms with Gasteiger partial charge in [0, 0.05) is 23.6 Å². The van der Waals surface area contributed by atoms with Gasteiger partial charge in [-0.2, -0.15) is 0 Å². The SMILES string of the molecule is CCC(C)C1CN(c2cc(Br)ccc2F)CCCN1. The highest BCUT2D eigenvalue weighted by molar-refractivity contribution is 9.10. The summed E-state index contributed by atoms with van der Waals surface area (Å²) in [5.74, 6) is 0.476. The highest BCUT2D eigenvalue weighted by Crippen LogP contribution is 2.26. The molecular formula is C15H22BrFN2. The fourth-order valence-electron chi connectivity index (χ4n) is 2.56. The van der Waals surface area contributed by atoms with Crippen LogP contribution in [0.4, 0.5) is 10.1 Å². The third-order valence-corrected chi connectivity index (χ3v) is 4.50. The first kappa shape index (κ1) is 14.8. The van der Waals surface area contributed by atoms with Crippen molar-refractivity contribution in [2.75, 3.05) is 24.5 Å². The van der Waals surface area contributed by atoms with Crippen LogP contribution in [0.1, 0.15) is 26.7 Å². The summed E-state index contributed by atoms with van der Waals surface area (Å²) in [6, 6.07) is 5.61. The summed E-state index contributed by atoms with van der Waals surface area (Å²) in [6.45, 7) is 7.27. The second-order valence-corrected chi connectivity index (χ2v) is 6.26. The maximum atomic E-state index is 14.0. The molecular weight excluding hydrogens is 307 g/mol. The van der Waals surface area contributed by atoms with Gasteiger partial charge in [-0.25, -0.2) is 4.39 Å². The van der Waals surface area contributed by atoms with Gasteiger partial charge in [0.25, 0.3) is 0 Å². The number of hydrogen-bond acceptors (Lipinski definition) is 2. The van der Waals surface area contributed by atoms with Crippen molar-refractivity contribution in [2.24, 2.45) is 5.92 Å². The van der Waals surface area contributed by atoms with Crippen LogP contribution in [0.2, 0.25) is 0 Å². The van der Waals surface area contributed by atoms with E-state index in [1.807, 2.05) is 6.07 Å². The van der Waals surface area contributed by atoms with Crippen molar-refractivity contribution in [3.05, 3.63) is 28.5 Å². The molecule has 106 valence electrons. The first-order valence-corrected chi connectivity index (χ1v) is 7.84. The first-order valence-electron chi connectivity index (χ1n) is 7.05. The number of anilines is 1. The lowest BCUT2D eigenvalue weighted by Crippen LogP contribution is -2.42. The number of nitrogens with one attached hydrogen (secondary N) is 1. The van der Waals surface area contributed by atoms with Crippen LogP contribution in [0.3, 0.4) is 0 Å². The van der Waals surface area contributed by atoms with Gasteiger partial charge in [0.2, 0.25) is 0 Å². The number of hydrogen-bond donors (Lipinski definition) is 1. The van der Waals surface area contributed by atoms with Gasteiger partial charge in [-0.05, 0) is 37.1 Å². The second kappa shape index (κ2) is 6.71. The van der Waals surface area contributed by atoms with E-state index in [2.05, 4.69) is 40.0 Å². The van der Waals surface area contributed by atoms with Crippen LogP contribution in [0.25, 0.3) is 0 Å². The Morgan fingerprint density at radius 3 is 3.05 bits per heavy atom. The van der Waals surface area contributed by atoms with Gasteiger partial charge in [-0.3, -0.25) is 0 Å². The molecule has 1 N–H and O–H groups in total. The highest BCUT2D eigenvalue weighted by Gasteiger charge is 2.23. The van der Waals surface area contributed by atoms with Crippen LogP contribution in [-0.4, -0.2) is 25.7 Å². The Morgan fingerprint density at radius 1 is 1.53 bits per heavy atom. The smallest absolute Gasteiger partial charge is 0.146 e. The van der Waals surface area contributed by atoms with Crippen molar-refractivity contribution in [3.8, 4) is 0 Å². The molecule has 0 aliphatic carbocycles. The van der Waals surface area contributed by atoms with E-state index in [-0.39, 0.29) is 5.82 Å². The lowest BCUT2D eigenvalue weighted by Gasteiger charge is -2.29. The molecule has 0 bridgehead atoms. The molecule has 2 unspecified atom stereocenters. The molecule has 0 amide bonds. The zero-order valence-electron chi connectivity index (χ0n) is 11.6. The summed E-state index contributed by atoms with van der Waals surface area (Å²) < 4.78 is 14.9. The molecule has 0 spiro atoms. The van der Waals surface area contributed by atoms with Gasteiger partial charge in [0.05, 0.1) is 5.69 Å². The summed E-state index contributed by atoms with van der Waals surface area (Å²) >= 11 is 3.43. The predicted octanol–water partition coefficient (Wildman–Crippen LogP) is 3.80. The zero-order chi connectivity index (χ0) is 13.8. The van der Waals surface area contributed by atoms with Crippen molar-refractivity contribution in [1.29, 1.82) is 0 Å².